The summed E-state index contributed by atoms with van der Waals surface area (Å²) in [7, 11) is -3.50. The van der Waals surface area contributed by atoms with E-state index in [2.05, 4.69) is 5.32 Å². The summed E-state index contributed by atoms with van der Waals surface area (Å²) >= 11 is 0. The molecule has 1 saturated carbocycles. The zero-order valence-electron chi connectivity index (χ0n) is 17.2. The number of carbonyl (C=O) groups is 2. The van der Waals surface area contributed by atoms with Gasteiger partial charge < -0.3 is 10.2 Å². The van der Waals surface area contributed by atoms with Gasteiger partial charge in [0.2, 0.25) is 15.9 Å². The lowest BCUT2D eigenvalue weighted by Gasteiger charge is -2.18. The van der Waals surface area contributed by atoms with Gasteiger partial charge in [0.05, 0.1) is 4.90 Å². The van der Waals surface area contributed by atoms with Crippen LogP contribution in [0, 0.1) is 5.92 Å². The van der Waals surface area contributed by atoms with E-state index in [1.54, 1.807) is 0 Å². The van der Waals surface area contributed by atoms with E-state index in [1.165, 1.54) is 28.6 Å². The first-order chi connectivity index (χ1) is 14.9. The summed E-state index contributed by atoms with van der Waals surface area (Å²) in [5.41, 5.74) is 2.99. The van der Waals surface area contributed by atoms with Crippen molar-refractivity contribution in [3.05, 3.63) is 53.6 Å². The minimum absolute atomic E-state index is 0.152. The Morgan fingerprint density at radius 1 is 0.935 bits per heavy atom. The predicted molar refractivity (Wildman–Crippen MR) is 118 cm³/mol. The summed E-state index contributed by atoms with van der Waals surface area (Å²) in [6, 6.07) is 11.7. The Hall–Kier alpha value is -2.71. The second-order valence-corrected chi connectivity index (χ2v) is 10.4. The minimum Gasteiger partial charge on any atom is -0.322 e. The second kappa shape index (κ2) is 7.76. The molecule has 2 aromatic carbocycles. The summed E-state index contributed by atoms with van der Waals surface area (Å²) < 4.78 is 26.8. The molecule has 0 atom stereocenters. The molecular weight excluding hydrogens is 414 g/mol. The Balaban J connectivity index is 1.30. The standard InChI is InChI=1S/C23H25N3O4S/c27-22(17-6-9-20(10-7-17)31(29,30)25-12-1-2-13-25)24-19-8-5-16-11-14-26(21(16)15-19)23(28)18-3-4-18/h5-10,15,18H,1-4,11-14H2,(H,24,27). The maximum absolute atomic E-state index is 12.7. The fourth-order valence-corrected chi connectivity index (χ4v) is 5.81. The summed E-state index contributed by atoms with van der Waals surface area (Å²) in [4.78, 5) is 27.3. The Bertz CT molecular complexity index is 1130. The van der Waals surface area contributed by atoms with Crippen molar-refractivity contribution in [1.29, 1.82) is 0 Å². The molecule has 2 aliphatic heterocycles. The number of rotatable bonds is 5. The SMILES string of the molecule is O=C(Nc1ccc2c(c1)N(C(=O)C1CC1)CC2)c1ccc(S(=O)(=O)N2CCCC2)cc1. The lowest BCUT2D eigenvalue weighted by atomic mass is 10.1. The molecule has 31 heavy (non-hydrogen) atoms. The third kappa shape index (κ3) is 3.85. The van der Waals surface area contributed by atoms with Crippen molar-refractivity contribution >= 4 is 33.2 Å². The van der Waals surface area contributed by atoms with E-state index >= 15 is 0 Å². The molecule has 5 rings (SSSR count). The van der Waals surface area contributed by atoms with Crippen LogP contribution in [0.3, 0.4) is 0 Å². The lowest BCUT2D eigenvalue weighted by Crippen LogP contribution is -2.30. The van der Waals surface area contributed by atoms with Crippen LogP contribution in [-0.4, -0.2) is 44.2 Å². The highest BCUT2D eigenvalue weighted by Crippen LogP contribution is 2.37. The van der Waals surface area contributed by atoms with Gasteiger partial charge in [-0.05, 0) is 74.1 Å². The van der Waals surface area contributed by atoms with Crippen LogP contribution in [0.25, 0.3) is 0 Å². The predicted octanol–water partition coefficient (Wildman–Crippen LogP) is 3.02. The summed E-state index contributed by atoms with van der Waals surface area (Å²) in [6.07, 6.45) is 4.51. The molecule has 2 amide bonds. The number of benzene rings is 2. The number of nitrogens with zero attached hydrogens (tertiary/aromatic N) is 2. The van der Waals surface area contributed by atoms with Gasteiger partial charge in [0.15, 0.2) is 0 Å². The van der Waals surface area contributed by atoms with Crippen LogP contribution >= 0.6 is 0 Å². The average molecular weight is 440 g/mol. The highest BCUT2D eigenvalue weighted by molar-refractivity contribution is 7.89. The number of hydrogen-bond acceptors (Lipinski definition) is 4. The minimum atomic E-state index is -3.50. The van der Waals surface area contributed by atoms with Gasteiger partial charge in [0.1, 0.15) is 0 Å². The van der Waals surface area contributed by atoms with Crippen molar-refractivity contribution in [2.45, 2.75) is 37.0 Å². The number of anilines is 2. The second-order valence-electron chi connectivity index (χ2n) is 8.45. The quantitative estimate of drug-likeness (QED) is 0.776. The van der Waals surface area contributed by atoms with Gasteiger partial charge in [-0.3, -0.25) is 9.59 Å². The topological polar surface area (TPSA) is 86.8 Å². The Morgan fingerprint density at radius 2 is 1.65 bits per heavy atom. The number of carbonyl (C=O) groups excluding carboxylic acids is 2. The molecule has 1 aliphatic carbocycles. The fourth-order valence-electron chi connectivity index (χ4n) is 4.30. The third-order valence-electron chi connectivity index (χ3n) is 6.25. The molecule has 8 heteroatoms. The lowest BCUT2D eigenvalue weighted by molar-refractivity contribution is -0.119. The molecule has 0 aromatic heterocycles. The number of sulfonamides is 1. The molecule has 0 spiro atoms. The first kappa shape index (κ1) is 20.2. The van der Waals surface area contributed by atoms with E-state index in [1.807, 2.05) is 23.1 Å². The van der Waals surface area contributed by atoms with E-state index in [4.69, 9.17) is 0 Å². The monoisotopic (exact) mass is 439 g/mol. The molecule has 2 fully saturated rings. The van der Waals surface area contributed by atoms with Gasteiger partial charge in [0.25, 0.3) is 5.91 Å². The van der Waals surface area contributed by atoms with Crippen molar-refractivity contribution in [3.63, 3.8) is 0 Å². The maximum Gasteiger partial charge on any atom is 0.255 e. The van der Waals surface area contributed by atoms with Crippen molar-refractivity contribution in [1.82, 2.24) is 4.31 Å². The molecule has 162 valence electrons. The van der Waals surface area contributed by atoms with Gasteiger partial charge in [-0.25, -0.2) is 8.42 Å². The van der Waals surface area contributed by atoms with E-state index in [0.29, 0.717) is 30.9 Å². The summed E-state index contributed by atoms with van der Waals surface area (Å²) in [6.45, 7) is 1.78. The Morgan fingerprint density at radius 3 is 2.32 bits per heavy atom. The van der Waals surface area contributed by atoms with Gasteiger partial charge in [-0.15, -0.1) is 0 Å². The fraction of sp³-hybridized carbons (Fsp3) is 0.391. The van der Waals surface area contributed by atoms with Gasteiger partial charge in [-0.1, -0.05) is 6.07 Å². The number of amides is 2. The van der Waals surface area contributed by atoms with Crippen LogP contribution in [0.1, 0.15) is 41.6 Å². The van der Waals surface area contributed by atoms with E-state index in [0.717, 1.165) is 43.4 Å². The highest BCUT2D eigenvalue weighted by atomic mass is 32.2. The van der Waals surface area contributed by atoms with Crippen molar-refractivity contribution in [3.8, 4) is 0 Å². The van der Waals surface area contributed by atoms with Crippen LogP contribution in [0.5, 0.6) is 0 Å². The normalized spacial score (nSPS) is 18.8. The molecule has 1 N–H and O–H groups in total. The van der Waals surface area contributed by atoms with Crippen LogP contribution in [0.4, 0.5) is 11.4 Å². The molecule has 0 unspecified atom stereocenters. The first-order valence-electron chi connectivity index (χ1n) is 10.8. The van der Waals surface area contributed by atoms with Crippen LogP contribution in [0.2, 0.25) is 0 Å². The van der Waals surface area contributed by atoms with Crippen molar-refractivity contribution < 1.29 is 18.0 Å². The Kier molecular flexibility index (Phi) is 5.06. The van der Waals surface area contributed by atoms with Gasteiger partial charge >= 0.3 is 0 Å². The van der Waals surface area contributed by atoms with E-state index in [-0.39, 0.29) is 22.6 Å². The summed E-state index contributed by atoms with van der Waals surface area (Å²) in [5.74, 6) is 0.0136. The van der Waals surface area contributed by atoms with Crippen molar-refractivity contribution in [2.24, 2.45) is 5.92 Å². The molecule has 3 aliphatic rings. The zero-order chi connectivity index (χ0) is 21.6. The summed E-state index contributed by atoms with van der Waals surface area (Å²) in [5, 5.41) is 2.87. The van der Waals surface area contributed by atoms with E-state index < -0.39 is 10.0 Å². The number of hydrogen-bond donors (Lipinski definition) is 1. The highest BCUT2D eigenvalue weighted by Gasteiger charge is 2.36. The molecule has 1 saturated heterocycles. The molecule has 0 bridgehead atoms. The molecular formula is C23H25N3O4S. The molecule has 2 aromatic rings. The van der Waals surface area contributed by atoms with Crippen LogP contribution < -0.4 is 10.2 Å². The average Bonchev–Trinajstić information content (AvgIpc) is 3.30. The van der Waals surface area contributed by atoms with Crippen molar-refractivity contribution in [2.75, 3.05) is 29.9 Å². The van der Waals surface area contributed by atoms with Gasteiger partial charge in [0, 0.05) is 42.5 Å². The van der Waals surface area contributed by atoms with Crippen LogP contribution in [0.15, 0.2) is 47.4 Å². The largest absolute Gasteiger partial charge is 0.322 e. The smallest absolute Gasteiger partial charge is 0.255 e. The zero-order valence-corrected chi connectivity index (χ0v) is 18.0. The molecule has 0 radical (unpaired) electrons. The van der Waals surface area contributed by atoms with E-state index in [9.17, 15) is 18.0 Å². The van der Waals surface area contributed by atoms with Crippen LogP contribution in [-0.2, 0) is 21.2 Å². The Labute approximate surface area is 182 Å². The number of fused-ring (bicyclic) bond motifs is 1. The third-order valence-corrected chi connectivity index (χ3v) is 8.16. The number of nitrogens with one attached hydrogen (secondary N) is 1. The maximum atomic E-state index is 12.7. The molecule has 2 heterocycles. The van der Waals surface area contributed by atoms with Gasteiger partial charge in [-0.2, -0.15) is 4.31 Å². The first-order valence-corrected chi connectivity index (χ1v) is 12.2. The molecule has 7 nitrogen and oxygen atoms in total.